The summed E-state index contributed by atoms with van der Waals surface area (Å²) in [6, 6.07) is 17.9. The molecule has 0 bridgehead atoms. The topological polar surface area (TPSA) is 57.8 Å². The molecule has 2 N–H and O–H groups in total. The van der Waals surface area contributed by atoms with Crippen LogP contribution in [0, 0.1) is 0 Å². The lowest BCUT2D eigenvalue weighted by Crippen LogP contribution is -2.26. The lowest BCUT2D eigenvalue weighted by molar-refractivity contribution is -0.116. The molecule has 27 heavy (non-hydrogen) atoms. The second-order valence-corrected chi connectivity index (χ2v) is 7.45. The van der Waals surface area contributed by atoms with E-state index in [4.69, 9.17) is 11.6 Å². The highest BCUT2D eigenvalue weighted by Crippen LogP contribution is 2.48. The summed E-state index contributed by atoms with van der Waals surface area (Å²) in [4.78, 5) is 12.9. The number of nitrogens with one attached hydrogen (secondary N) is 2. The molecule has 4 nitrogen and oxygen atoms in total. The number of rotatable bonds is 2. The summed E-state index contributed by atoms with van der Waals surface area (Å²) < 4.78 is 0. The van der Waals surface area contributed by atoms with Crippen LogP contribution in [0.4, 0.5) is 5.82 Å². The number of hydrogen-bond acceptors (Lipinski definition) is 3. The normalized spacial score (nSPS) is 18.7. The van der Waals surface area contributed by atoms with E-state index in [0.717, 1.165) is 52.3 Å². The van der Waals surface area contributed by atoms with Crippen LogP contribution in [0.25, 0.3) is 11.3 Å². The van der Waals surface area contributed by atoms with Gasteiger partial charge in [0.15, 0.2) is 11.6 Å². The number of allylic oxidation sites excluding steroid dienone is 2. The summed E-state index contributed by atoms with van der Waals surface area (Å²) in [6.07, 6.45) is 2.33. The molecule has 2 aliphatic rings. The van der Waals surface area contributed by atoms with Crippen LogP contribution >= 0.6 is 11.6 Å². The first-order valence-corrected chi connectivity index (χ1v) is 9.52. The highest BCUT2D eigenvalue weighted by molar-refractivity contribution is 6.30. The van der Waals surface area contributed by atoms with E-state index in [-0.39, 0.29) is 11.7 Å². The zero-order chi connectivity index (χ0) is 18.4. The summed E-state index contributed by atoms with van der Waals surface area (Å²) in [5.41, 5.74) is 5.87. The lowest BCUT2D eigenvalue weighted by atomic mass is 9.75. The van der Waals surface area contributed by atoms with Gasteiger partial charge in [-0.15, -0.1) is 0 Å². The highest BCUT2D eigenvalue weighted by Gasteiger charge is 2.38. The number of H-pyrrole nitrogens is 1. The number of aromatic amines is 1. The zero-order valence-corrected chi connectivity index (χ0v) is 15.4. The first kappa shape index (κ1) is 16.3. The van der Waals surface area contributed by atoms with Crippen molar-refractivity contribution in [3.05, 3.63) is 82.0 Å². The van der Waals surface area contributed by atoms with Gasteiger partial charge in [-0.2, -0.15) is 5.10 Å². The summed E-state index contributed by atoms with van der Waals surface area (Å²) in [7, 11) is 0. The molecule has 1 aliphatic carbocycles. The molecule has 1 unspecified atom stereocenters. The van der Waals surface area contributed by atoms with Crippen molar-refractivity contribution in [3.63, 3.8) is 0 Å². The zero-order valence-electron chi connectivity index (χ0n) is 14.6. The SMILES string of the molecule is O=C1CCCC2=C1C(c1cccc(Cl)c1)c1c(n[nH]c1-c1ccccc1)N2. The van der Waals surface area contributed by atoms with Gasteiger partial charge >= 0.3 is 0 Å². The molecule has 134 valence electrons. The van der Waals surface area contributed by atoms with Crippen molar-refractivity contribution < 1.29 is 4.79 Å². The Labute approximate surface area is 162 Å². The molecule has 0 saturated heterocycles. The molecule has 0 saturated carbocycles. The molecule has 0 spiro atoms. The van der Waals surface area contributed by atoms with Gasteiger partial charge in [0.05, 0.1) is 5.69 Å². The minimum Gasteiger partial charge on any atom is -0.342 e. The standard InChI is InChI=1S/C22H18ClN3O/c23-15-9-4-8-14(12-15)18-19-16(10-5-11-17(19)27)24-22-20(18)21(25-26-22)13-6-2-1-3-7-13/h1-4,6-9,12,18H,5,10-11H2,(H2,24,25,26). The maximum absolute atomic E-state index is 12.9. The number of benzene rings is 2. The summed E-state index contributed by atoms with van der Waals surface area (Å²) in [5, 5.41) is 11.8. The monoisotopic (exact) mass is 375 g/mol. The van der Waals surface area contributed by atoms with Gasteiger partial charge < -0.3 is 5.32 Å². The molecule has 5 heteroatoms. The summed E-state index contributed by atoms with van der Waals surface area (Å²) in [6.45, 7) is 0. The van der Waals surface area contributed by atoms with E-state index in [2.05, 4.69) is 27.6 Å². The second-order valence-electron chi connectivity index (χ2n) is 7.01. The molecule has 1 atom stereocenters. The Kier molecular flexibility index (Phi) is 3.87. The van der Waals surface area contributed by atoms with E-state index in [1.807, 2.05) is 42.5 Å². The number of Topliss-reactive ketones (excluding diaryl/α,β-unsaturated/α-hetero) is 1. The summed E-state index contributed by atoms with van der Waals surface area (Å²) >= 11 is 6.29. The second kappa shape index (κ2) is 6.39. The Hall–Kier alpha value is -2.85. The third-order valence-corrected chi connectivity index (χ3v) is 5.59. The average molecular weight is 376 g/mol. The smallest absolute Gasteiger partial charge is 0.161 e. The van der Waals surface area contributed by atoms with Gasteiger partial charge in [0.2, 0.25) is 0 Å². The van der Waals surface area contributed by atoms with E-state index < -0.39 is 0 Å². The van der Waals surface area contributed by atoms with Crippen LogP contribution in [-0.2, 0) is 4.79 Å². The summed E-state index contributed by atoms with van der Waals surface area (Å²) in [5.74, 6) is 0.837. The van der Waals surface area contributed by atoms with E-state index in [0.29, 0.717) is 11.4 Å². The molecule has 1 aromatic heterocycles. The number of ketones is 1. The van der Waals surface area contributed by atoms with Crippen molar-refractivity contribution in [2.75, 3.05) is 5.32 Å². The lowest BCUT2D eigenvalue weighted by Gasteiger charge is -2.32. The first-order valence-electron chi connectivity index (χ1n) is 9.15. The fourth-order valence-electron chi connectivity index (χ4n) is 4.19. The maximum atomic E-state index is 12.9. The van der Waals surface area contributed by atoms with Crippen molar-refractivity contribution in [2.45, 2.75) is 25.2 Å². The van der Waals surface area contributed by atoms with Gasteiger partial charge in [0.1, 0.15) is 0 Å². The van der Waals surface area contributed by atoms with E-state index in [1.165, 1.54) is 0 Å². The van der Waals surface area contributed by atoms with Gasteiger partial charge in [0, 0.05) is 34.2 Å². The number of anilines is 1. The number of aromatic nitrogens is 2. The number of fused-ring (bicyclic) bond motifs is 1. The number of halogens is 1. The third-order valence-electron chi connectivity index (χ3n) is 5.35. The van der Waals surface area contributed by atoms with Crippen molar-refractivity contribution in [1.82, 2.24) is 10.2 Å². The van der Waals surface area contributed by atoms with Crippen molar-refractivity contribution in [2.24, 2.45) is 0 Å². The predicted molar refractivity (Wildman–Crippen MR) is 107 cm³/mol. The molecule has 0 amide bonds. The average Bonchev–Trinajstić information content (AvgIpc) is 3.11. The van der Waals surface area contributed by atoms with E-state index in [9.17, 15) is 4.79 Å². The highest BCUT2D eigenvalue weighted by atomic mass is 35.5. The molecule has 0 radical (unpaired) electrons. The predicted octanol–water partition coefficient (Wildman–Crippen LogP) is 5.29. The quantitative estimate of drug-likeness (QED) is 0.639. The minimum absolute atomic E-state index is 0.170. The number of carbonyl (C=O) groups excluding carboxylic acids is 1. The molecular formula is C22H18ClN3O. The molecule has 1 aliphatic heterocycles. The fraction of sp³-hybridized carbons (Fsp3) is 0.182. The number of carbonyl (C=O) groups is 1. The van der Waals surface area contributed by atoms with Gasteiger partial charge in [-0.3, -0.25) is 9.89 Å². The van der Waals surface area contributed by atoms with Crippen molar-refractivity contribution in [3.8, 4) is 11.3 Å². The third kappa shape index (κ3) is 2.68. The van der Waals surface area contributed by atoms with Gasteiger partial charge in [-0.1, -0.05) is 54.1 Å². The van der Waals surface area contributed by atoms with Crippen molar-refractivity contribution >= 4 is 23.2 Å². The molecule has 5 rings (SSSR count). The first-order chi connectivity index (χ1) is 13.2. The fourth-order valence-corrected chi connectivity index (χ4v) is 4.39. The largest absolute Gasteiger partial charge is 0.342 e. The molecule has 3 aromatic rings. The van der Waals surface area contributed by atoms with Gasteiger partial charge in [0.25, 0.3) is 0 Å². The molecular weight excluding hydrogens is 358 g/mol. The van der Waals surface area contributed by atoms with Crippen LogP contribution in [0.1, 0.15) is 36.3 Å². The van der Waals surface area contributed by atoms with E-state index >= 15 is 0 Å². The Balaban J connectivity index is 1.76. The molecule has 2 heterocycles. The maximum Gasteiger partial charge on any atom is 0.161 e. The van der Waals surface area contributed by atoms with E-state index in [1.54, 1.807) is 0 Å². The van der Waals surface area contributed by atoms with Crippen LogP contribution in [0.3, 0.4) is 0 Å². The van der Waals surface area contributed by atoms with Gasteiger partial charge in [-0.25, -0.2) is 0 Å². The van der Waals surface area contributed by atoms with Crippen LogP contribution in [0.2, 0.25) is 5.02 Å². The van der Waals surface area contributed by atoms with Crippen molar-refractivity contribution in [1.29, 1.82) is 0 Å². The molecule has 0 fully saturated rings. The Morgan fingerprint density at radius 1 is 1.04 bits per heavy atom. The van der Waals surface area contributed by atoms with Crippen LogP contribution < -0.4 is 5.32 Å². The van der Waals surface area contributed by atoms with Gasteiger partial charge in [-0.05, 0) is 36.1 Å². The Morgan fingerprint density at radius 2 is 1.89 bits per heavy atom. The Bertz CT molecular complexity index is 1070. The molecule has 2 aromatic carbocycles. The number of hydrogen-bond donors (Lipinski definition) is 2. The van der Waals surface area contributed by atoms with Crippen LogP contribution in [0.15, 0.2) is 65.9 Å². The Morgan fingerprint density at radius 3 is 2.70 bits per heavy atom. The van der Waals surface area contributed by atoms with Crippen LogP contribution in [-0.4, -0.2) is 16.0 Å². The van der Waals surface area contributed by atoms with Crippen LogP contribution in [0.5, 0.6) is 0 Å². The minimum atomic E-state index is -0.170. The number of nitrogens with zero attached hydrogens (tertiary/aromatic N) is 1.